The Hall–Kier alpha value is -1.65. The lowest BCUT2D eigenvalue weighted by atomic mass is 10.6. The van der Waals surface area contributed by atoms with Gasteiger partial charge in [-0.15, -0.1) is 0 Å². The van der Waals surface area contributed by atoms with Crippen molar-refractivity contribution < 1.29 is 9.53 Å². The van der Waals surface area contributed by atoms with E-state index in [1.807, 2.05) is 0 Å². The second-order valence-electron chi connectivity index (χ2n) is 1.69. The van der Waals surface area contributed by atoms with Gasteiger partial charge >= 0.3 is 6.09 Å². The number of carbonyl (C=O) groups excluding carboxylic acids is 1. The molecular formula is C6H7N3O2. The van der Waals surface area contributed by atoms with Gasteiger partial charge in [0.25, 0.3) is 0 Å². The van der Waals surface area contributed by atoms with Crippen molar-refractivity contribution in [2.75, 3.05) is 7.05 Å². The largest absolute Gasteiger partial charge is 0.413 e. The van der Waals surface area contributed by atoms with E-state index >= 15 is 0 Å². The summed E-state index contributed by atoms with van der Waals surface area (Å²) in [4.78, 5) is 17.9. The molecule has 0 aliphatic rings. The molecule has 1 aromatic rings. The molecule has 11 heavy (non-hydrogen) atoms. The Balaban J connectivity index is 2.58. The lowest BCUT2D eigenvalue weighted by Crippen LogP contribution is -2.22. The van der Waals surface area contributed by atoms with Gasteiger partial charge in [0.1, 0.15) is 6.33 Å². The van der Waals surface area contributed by atoms with Crippen molar-refractivity contribution in [3.05, 3.63) is 18.6 Å². The quantitative estimate of drug-likeness (QED) is 0.625. The van der Waals surface area contributed by atoms with Crippen molar-refractivity contribution in [3.63, 3.8) is 0 Å². The van der Waals surface area contributed by atoms with Gasteiger partial charge in [0, 0.05) is 19.3 Å². The Bertz CT molecular complexity index is 237. The maximum atomic E-state index is 10.6. The number of amides is 1. The van der Waals surface area contributed by atoms with E-state index in [2.05, 4.69) is 20.0 Å². The lowest BCUT2D eigenvalue weighted by Gasteiger charge is -1.99. The third kappa shape index (κ3) is 2.21. The zero-order chi connectivity index (χ0) is 8.10. The Morgan fingerprint density at radius 2 is 2.55 bits per heavy atom. The van der Waals surface area contributed by atoms with Crippen LogP contribution in [0.1, 0.15) is 0 Å². The standard InChI is InChI=1S/C6H7N3O2/c1-7-6(10)11-5-2-3-8-4-9-5/h2-4H,1H3,(H,7,10). The molecule has 0 aromatic carbocycles. The van der Waals surface area contributed by atoms with Crippen molar-refractivity contribution in [2.45, 2.75) is 0 Å². The van der Waals surface area contributed by atoms with Crippen LogP contribution in [0.3, 0.4) is 0 Å². The third-order valence-corrected chi connectivity index (χ3v) is 0.956. The molecule has 58 valence electrons. The second-order valence-corrected chi connectivity index (χ2v) is 1.69. The van der Waals surface area contributed by atoms with E-state index in [0.29, 0.717) is 0 Å². The summed E-state index contributed by atoms with van der Waals surface area (Å²) in [6.07, 6.45) is 2.26. The predicted octanol–water partition coefficient (Wildman–Crippen LogP) is 0.195. The summed E-state index contributed by atoms with van der Waals surface area (Å²) in [6.45, 7) is 0. The van der Waals surface area contributed by atoms with Gasteiger partial charge in [-0.25, -0.2) is 14.8 Å². The highest BCUT2D eigenvalue weighted by Gasteiger charge is 1.99. The van der Waals surface area contributed by atoms with Crippen LogP contribution >= 0.6 is 0 Å². The first-order chi connectivity index (χ1) is 5.33. The first kappa shape index (κ1) is 7.46. The molecule has 0 aliphatic heterocycles. The van der Waals surface area contributed by atoms with Gasteiger partial charge in [0.2, 0.25) is 5.88 Å². The number of hydrogen-bond donors (Lipinski definition) is 1. The fourth-order valence-electron chi connectivity index (χ4n) is 0.485. The molecule has 1 aromatic heterocycles. The molecule has 1 amide bonds. The van der Waals surface area contributed by atoms with Crippen LogP contribution in [0.15, 0.2) is 18.6 Å². The zero-order valence-corrected chi connectivity index (χ0v) is 5.94. The highest BCUT2D eigenvalue weighted by atomic mass is 16.6. The smallest absolute Gasteiger partial charge is 0.391 e. The molecular weight excluding hydrogens is 146 g/mol. The van der Waals surface area contributed by atoms with E-state index in [1.54, 1.807) is 0 Å². The van der Waals surface area contributed by atoms with Gasteiger partial charge in [0.05, 0.1) is 0 Å². The zero-order valence-electron chi connectivity index (χ0n) is 5.94. The van der Waals surface area contributed by atoms with Crippen LogP contribution in [0.25, 0.3) is 0 Å². The number of hydrogen-bond acceptors (Lipinski definition) is 4. The number of nitrogens with zero attached hydrogens (tertiary/aromatic N) is 2. The van der Waals surface area contributed by atoms with E-state index in [4.69, 9.17) is 0 Å². The number of nitrogens with one attached hydrogen (secondary N) is 1. The number of aromatic nitrogens is 2. The van der Waals surface area contributed by atoms with Crippen LogP contribution < -0.4 is 10.1 Å². The minimum absolute atomic E-state index is 0.236. The van der Waals surface area contributed by atoms with Gasteiger partial charge in [0.15, 0.2) is 0 Å². The average Bonchev–Trinajstić information content (AvgIpc) is 2.06. The minimum Gasteiger partial charge on any atom is -0.391 e. The number of rotatable bonds is 1. The minimum atomic E-state index is -0.538. The Morgan fingerprint density at radius 3 is 3.09 bits per heavy atom. The van der Waals surface area contributed by atoms with Crippen molar-refractivity contribution in [1.82, 2.24) is 15.3 Å². The molecule has 1 N–H and O–H groups in total. The number of ether oxygens (including phenoxy) is 1. The molecule has 0 unspecified atom stereocenters. The van der Waals surface area contributed by atoms with E-state index in [9.17, 15) is 4.79 Å². The van der Waals surface area contributed by atoms with Crippen LogP contribution in [0.2, 0.25) is 0 Å². The molecule has 0 fully saturated rings. The molecule has 1 rings (SSSR count). The normalized spacial score (nSPS) is 8.82. The second kappa shape index (κ2) is 3.50. The fourth-order valence-corrected chi connectivity index (χ4v) is 0.485. The molecule has 0 atom stereocenters. The number of carbonyl (C=O) groups is 1. The van der Waals surface area contributed by atoms with Crippen LogP contribution in [0.4, 0.5) is 4.79 Å². The van der Waals surface area contributed by atoms with Crippen LogP contribution in [-0.2, 0) is 0 Å². The van der Waals surface area contributed by atoms with E-state index in [1.165, 1.54) is 25.6 Å². The van der Waals surface area contributed by atoms with Crippen LogP contribution in [-0.4, -0.2) is 23.1 Å². The average molecular weight is 153 g/mol. The predicted molar refractivity (Wildman–Crippen MR) is 37.1 cm³/mol. The topological polar surface area (TPSA) is 64.1 Å². The Kier molecular flexibility index (Phi) is 2.37. The molecule has 0 saturated heterocycles. The van der Waals surface area contributed by atoms with Gasteiger partial charge in [-0.3, -0.25) is 0 Å². The van der Waals surface area contributed by atoms with Gasteiger partial charge in [-0.1, -0.05) is 0 Å². The van der Waals surface area contributed by atoms with Gasteiger partial charge in [-0.2, -0.15) is 0 Å². The maximum Gasteiger partial charge on any atom is 0.413 e. The summed E-state index contributed by atoms with van der Waals surface area (Å²) in [5.74, 6) is 0.236. The molecule has 0 spiro atoms. The summed E-state index contributed by atoms with van der Waals surface area (Å²) >= 11 is 0. The Morgan fingerprint density at radius 1 is 1.73 bits per heavy atom. The third-order valence-electron chi connectivity index (χ3n) is 0.956. The summed E-state index contributed by atoms with van der Waals surface area (Å²) in [5, 5.41) is 2.29. The highest BCUT2D eigenvalue weighted by Crippen LogP contribution is 2.00. The van der Waals surface area contributed by atoms with Crippen molar-refractivity contribution in [3.8, 4) is 5.88 Å². The van der Waals surface area contributed by atoms with Gasteiger partial charge < -0.3 is 10.1 Å². The van der Waals surface area contributed by atoms with Crippen molar-refractivity contribution >= 4 is 6.09 Å². The SMILES string of the molecule is CNC(=O)Oc1ccncn1. The van der Waals surface area contributed by atoms with Gasteiger partial charge in [-0.05, 0) is 0 Å². The van der Waals surface area contributed by atoms with E-state index in [0.717, 1.165) is 0 Å². The van der Waals surface area contributed by atoms with Crippen LogP contribution in [0.5, 0.6) is 5.88 Å². The first-order valence-corrected chi connectivity index (χ1v) is 2.98. The van der Waals surface area contributed by atoms with Crippen molar-refractivity contribution in [1.29, 1.82) is 0 Å². The molecule has 5 nitrogen and oxygen atoms in total. The lowest BCUT2D eigenvalue weighted by molar-refractivity contribution is 0.201. The van der Waals surface area contributed by atoms with E-state index in [-0.39, 0.29) is 5.88 Å². The summed E-state index contributed by atoms with van der Waals surface area (Å²) < 4.78 is 4.66. The van der Waals surface area contributed by atoms with E-state index < -0.39 is 6.09 Å². The first-order valence-electron chi connectivity index (χ1n) is 2.98. The monoisotopic (exact) mass is 153 g/mol. The molecule has 1 heterocycles. The summed E-state index contributed by atoms with van der Waals surface area (Å²) in [5.41, 5.74) is 0. The molecule has 5 heteroatoms. The highest BCUT2D eigenvalue weighted by molar-refractivity contribution is 5.69. The molecule has 0 saturated carbocycles. The molecule has 0 radical (unpaired) electrons. The molecule has 0 aliphatic carbocycles. The molecule has 0 bridgehead atoms. The summed E-state index contributed by atoms with van der Waals surface area (Å²) in [6, 6.07) is 1.50. The summed E-state index contributed by atoms with van der Waals surface area (Å²) in [7, 11) is 1.48. The Labute approximate surface area is 63.4 Å². The van der Waals surface area contributed by atoms with Crippen LogP contribution in [0, 0.1) is 0 Å². The van der Waals surface area contributed by atoms with Crippen molar-refractivity contribution in [2.24, 2.45) is 0 Å². The fraction of sp³-hybridized carbons (Fsp3) is 0.167. The maximum absolute atomic E-state index is 10.6.